The van der Waals surface area contributed by atoms with Crippen LogP contribution in [0, 0.1) is 5.92 Å². The minimum Gasteiger partial charge on any atom is -0.497 e. The summed E-state index contributed by atoms with van der Waals surface area (Å²) in [5, 5.41) is 3.05. The topological polar surface area (TPSA) is 54.0 Å². The zero-order valence-corrected chi connectivity index (χ0v) is 22.0. The molecule has 3 aromatic carbocycles. The Morgan fingerprint density at radius 3 is 2.26 bits per heavy atom. The van der Waals surface area contributed by atoms with Crippen molar-refractivity contribution < 1.29 is 27.4 Å². The fourth-order valence-corrected chi connectivity index (χ4v) is 5.58. The van der Waals surface area contributed by atoms with E-state index in [2.05, 4.69) is 15.1 Å². The Labute approximate surface area is 226 Å². The monoisotopic (exact) mass is 539 g/mol. The molecule has 0 aromatic heterocycles. The lowest BCUT2D eigenvalue weighted by molar-refractivity contribution is -0.137. The molecule has 6 nitrogen and oxygen atoms in total. The molecule has 1 amide bonds. The molecule has 1 saturated heterocycles. The molecule has 0 spiro atoms. The Kier molecular flexibility index (Phi) is 7.59. The summed E-state index contributed by atoms with van der Waals surface area (Å²) in [5.41, 5.74) is 2.74. The molecule has 2 aliphatic heterocycles. The van der Waals surface area contributed by atoms with Crippen LogP contribution in [0.5, 0.6) is 11.5 Å². The molecule has 0 radical (unpaired) electrons. The van der Waals surface area contributed by atoms with Gasteiger partial charge in [-0.3, -0.25) is 4.79 Å². The van der Waals surface area contributed by atoms with Crippen LogP contribution in [0.3, 0.4) is 0 Å². The average molecular weight is 540 g/mol. The molecule has 0 bridgehead atoms. The Hall–Kier alpha value is -3.88. The standard InChI is InChI=1S/C30H32F3N3O3/c1-38-24-8-3-20(4-9-24)13-14-34-29(37)26-18-21-17-22(30(31,32)33)5-12-27(21)36-16-15-35(19-28(26)36)23-6-10-25(39-2)11-7-23/h3-12,17,26,28H,13-16,18-19H2,1-2H3,(H,34,37). The lowest BCUT2D eigenvalue weighted by Crippen LogP contribution is -2.61. The third-order valence-corrected chi connectivity index (χ3v) is 7.69. The van der Waals surface area contributed by atoms with E-state index in [1.54, 1.807) is 20.3 Å². The summed E-state index contributed by atoms with van der Waals surface area (Å²) >= 11 is 0. The molecule has 2 atom stereocenters. The smallest absolute Gasteiger partial charge is 0.416 e. The van der Waals surface area contributed by atoms with Gasteiger partial charge in [-0.1, -0.05) is 12.1 Å². The maximum Gasteiger partial charge on any atom is 0.416 e. The molecular weight excluding hydrogens is 507 g/mol. The van der Waals surface area contributed by atoms with Crippen molar-refractivity contribution in [3.05, 3.63) is 83.4 Å². The summed E-state index contributed by atoms with van der Waals surface area (Å²) in [6.07, 6.45) is -3.54. The highest BCUT2D eigenvalue weighted by molar-refractivity contribution is 5.82. The number of hydrogen-bond acceptors (Lipinski definition) is 5. The first kappa shape index (κ1) is 26.7. The second-order valence-corrected chi connectivity index (χ2v) is 9.95. The van der Waals surface area contributed by atoms with Crippen molar-refractivity contribution in [1.29, 1.82) is 0 Å². The van der Waals surface area contributed by atoms with Crippen molar-refractivity contribution in [3.8, 4) is 11.5 Å². The van der Waals surface area contributed by atoms with E-state index < -0.39 is 17.7 Å². The molecule has 3 aromatic rings. The summed E-state index contributed by atoms with van der Waals surface area (Å²) in [6, 6.07) is 19.2. The highest BCUT2D eigenvalue weighted by Crippen LogP contribution is 2.40. The highest BCUT2D eigenvalue weighted by Gasteiger charge is 2.42. The van der Waals surface area contributed by atoms with Gasteiger partial charge in [0.2, 0.25) is 5.91 Å². The minimum atomic E-state index is -4.44. The number of methoxy groups -OCH3 is 2. The van der Waals surface area contributed by atoms with Gasteiger partial charge >= 0.3 is 6.18 Å². The van der Waals surface area contributed by atoms with Gasteiger partial charge in [0.1, 0.15) is 11.5 Å². The minimum absolute atomic E-state index is 0.141. The summed E-state index contributed by atoms with van der Waals surface area (Å²) in [4.78, 5) is 17.9. The van der Waals surface area contributed by atoms with Gasteiger partial charge in [0, 0.05) is 37.6 Å². The Morgan fingerprint density at radius 2 is 1.62 bits per heavy atom. The van der Waals surface area contributed by atoms with Crippen molar-refractivity contribution >= 4 is 17.3 Å². The maximum atomic E-state index is 13.5. The van der Waals surface area contributed by atoms with Crippen LogP contribution in [0.15, 0.2) is 66.7 Å². The van der Waals surface area contributed by atoms with Crippen molar-refractivity contribution in [1.82, 2.24) is 5.32 Å². The van der Waals surface area contributed by atoms with E-state index in [9.17, 15) is 18.0 Å². The number of fused-ring (bicyclic) bond motifs is 3. The number of benzene rings is 3. The zero-order valence-electron chi connectivity index (χ0n) is 22.0. The lowest BCUT2D eigenvalue weighted by Gasteiger charge is -2.49. The van der Waals surface area contributed by atoms with Gasteiger partial charge in [0.25, 0.3) is 0 Å². The second-order valence-electron chi connectivity index (χ2n) is 9.95. The first-order valence-electron chi connectivity index (χ1n) is 13.0. The maximum absolute atomic E-state index is 13.5. The number of amides is 1. The zero-order chi connectivity index (χ0) is 27.6. The van der Waals surface area contributed by atoms with E-state index in [4.69, 9.17) is 9.47 Å². The molecule has 206 valence electrons. The Morgan fingerprint density at radius 1 is 0.949 bits per heavy atom. The Balaban J connectivity index is 1.36. The Bertz CT molecular complexity index is 1300. The number of hydrogen-bond donors (Lipinski definition) is 1. The van der Waals surface area contributed by atoms with Gasteiger partial charge in [0.15, 0.2) is 0 Å². The molecule has 5 rings (SSSR count). The first-order chi connectivity index (χ1) is 18.8. The van der Waals surface area contributed by atoms with Crippen LogP contribution in [0.4, 0.5) is 24.5 Å². The largest absolute Gasteiger partial charge is 0.497 e. The van der Waals surface area contributed by atoms with E-state index >= 15 is 0 Å². The van der Waals surface area contributed by atoms with Crippen LogP contribution >= 0.6 is 0 Å². The van der Waals surface area contributed by atoms with Gasteiger partial charge in [-0.25, -0.2) is 0 Å². The molecule has 1 fully saturated rings. The van der Waals surface area contributed by atoms with E-state index in [-0.39, 0.29) is 18.4 Å². The van der Waals surface area contributed by atoms with E-state index in [1.165, 1.54) is 6.07 Å². The third-order valence-electron chi connectivity index (χ3n) is 7.69. The van der Waals surface area contributed by atoms with Crippen LogP contribution in [0.25, 0.3) is 0 Å². The molecule has 2 heterocycles. The van der Waals surface area contributed by atoms with Crippen LogP contribution < -0.4 is 24.6 Å². The van der Waals surface area contributed by atoms with Crippen molar-refractivity contribution in [3.63, 3.8) is 0 Å². The number of nitrogens with zero attached hydrogens (tertiary/aromatic N) is 2. The van der Waals surface area contributed by atoms with Crippen LogP contribution in [0.2, 0.25) is 0 Å². The third kappa shape index (κ3) is 5.77. The highest BCUT2D eigenvalue weighted by atomic mass is 19.4. The number of carbonyl (C=O) groups excluding carboxylic acids is 1. The van der Waals surface area contributed by atoms with Gasteiger partial charge in [0.05, 0.1) is 31.7 Å². The predicted octanol–water partition coefficient (Wildman–Crippen LogP) is 4.95. The van der Waals surface area contributed by atoms with Crippen molar-refractivity contribution in [2.24, 2.45) is 5.92 Å². The van der Waals surface area contributed by atoms with Crippen LogP contribution in [-0.2, 0) is 23.8 Å². The number of anilines is 2. The predicted molar refractivity (Wildman–Crippen MR) is 145 cm³/mol. The fraction of sp³-hybridized carbons (Fsp3) is 0.367. The van der Waals surface area contributed by atoms with Crippen molar-refractivity contribution in [2.75, 3.05) is 50.2 Å². The first-order valence-corrected chi connectivity index (χ1v) is 13.0. The average Bonchev–Trinajstić information content (AvgIpc) is 2.96. The quantitative estimate of drug-likeness (QED) is 0.461. The molecule has 9 heteroatoms. The van der Waals surface area contributed by atoms with Gasteiger partial charge in [-0.2, -0.15) is 13.2 Å². The summed E-state index contributed by atoms with van der Waals surface area (Å²) in [7, 11) is 3.23. The molecule has 2 unspecified atom stereocenters. The van der Waals surface area contributed by atoms with E-state index in [0.29, 0.717) is 38.2 Å². The van der Waals surface area contributed by atoms with Crippen LogP contribution in [0.1, 0.15) is 16.7 Å². The number of halogens is 3. The van der Waals surface area contributed by atoms with E-state index in [0.717, 1.165) is 34.5 Å². The SMILES string of the molecule is COc1ccc(CCNC(=O)C2Cc3cc(C(F)(F)F)ccc3N3CCN(c4ccc(OC)cc4)CC23)cc1. The summed E-state index contributed by atoms with van der Waals surface area (Å²) < 4.78 is 51.0. The number of rotatable bonds is 7. The number of carbonyl (C=O) groups is 1. The number of nitrogens with one attached hydrogen (secondary N) is 1. The molecular formula is C30H32F3N3O3. The van der Waals surface area contributed by atoms with E-state index in [1.807, 2.05) is 48.5 Å². The normalized spacial score (nSPS) is 18.7. The number of alkyl halides is 3. The fourth-order valence-electron chi connectivity index (χ4n) is 5.58. The number of piperazine rings is 1. The molecule has 2 aliphatic rings. The van der Waals surface area contributed by atoms with Gasteiger partial charge in [-0.15, -0.1) is 0 Å². The molecule has 39 heavy (non-hydrogen) atoms. The summed E-state index contributed by atoms with van der Waals surface area (Å²) in [6.45, 7) is 2.31. The lowest BCUT2D eigenvalue weighted by atomic mass is 9.82. The molecule has 0 aliphatic carbocycles. The van der Waals surface area contributed by atoms with Crippen molar-refractivity contribution in [2.45, 2.75) is 25.1 Å². The number of ether oxygens (including phenoxy) is 2. The second kappa shape index (κ2) is 11.1. The van der Waals surface area contributed by atoms with Gasteiger partial charge < -0.3 is 24.6 Å². The summed E-state index contributed by atoms with van der Waals surface area (Å²) in [5.74, 6) is 0.898. The molecule has 1 N–H and O–H groups in total. The van der Waals surface area contributed by atoms with Gasteiger partial charge in [-0.05, 0) is 78.6 Å². The molecule has 0 saturated carbocycles. The van der Waals surface area contributed by atoms with Crippen LogP contribution in [-0.4, -0.2) is 52.3 Å².